The van der Waals surface area contributed by atoms with E-state index >= 15 is 0 Å². The van der Waals surface area contributed by atoms with Gasteiger partial charge < -0.3 is 14.9 Å². The summed E-state index contributed by atoms with van der Waals surface area (Å²) in [6.07, 6.45) is 3.69. The van der Waals surface area contributed by atoms with Gasteiger partial charge in [-0.15, -0.1) is 0 Å². The van der Waals surface area contributed by atoms with Crippen molar-refractivity contribution < 1.29 is 19.2 Å². The fourth-order valence-corrected chi connectivity index (χ4v) is 4.24. The molecule has 7 nitrogen and oxygen atoms in total. The molecule has 3 aromatic rings. The molecule has 0 bridgehead atoms. The van der Waals surface area contributed by atoms with Crippen LogP contribution in [-0.4, -0.2) is 27.1 Å². The fourth-order valence-electron chi connectivity index (χ4n) is 4.24. The zero-order chi connectivity index (χ0) is 23.6. The minimum atomic E-state index is -1.10. The number of carbonyl (C=O) groups excluding carboxylic acids is 1. The van der Waals surface area contributed by atoms with Gasteiger partial charge in [0.2, 0.25) is 11.7 Å². The molecule has 1 fully saturated rings. The van der Waals surface area contributed by atoms with Crippen LogP contribution in [0.4, 0.5) is 5.69 Å². The number of carbonyl (C=O) groups is 2. The van der Waals surface area contributed by atoms with Crippen molar-refractivity contribution in [3.05, 3.63) is 65.5 Å². The van der Waals surface area contributed by atoms with Gasteiger partial charge in [0.1, 0.15) is 5.41 Å². The highest BCUT2D eigenvalue weighted by molar-refractivity contribution is 6.04. The number of amides is 1. The van der Waals surface area contributed by atoms with E-state index in [2.05, 4.69) is 36.2 Å². The molecule has 0 aliphatic heterocycles. The maximum absolute atomic E-state index is 12.6. The summed E-state index contributed by atoms with van der Waals surface area (Å²) < 4.78 is 5.40. The number of hydrogen-bond acceptors (Lipinski definition) is 5. The first-order valence-corrected chi connectivity index (χ1v) is 11.3. The Labute approximate surface area is 193 Å². The summed E-state index contributed by atoms with van der Waals surface area (Å²) in [5.74, 6) is -0.593. The van der Waals surface area contributed by atoms with Gasteiger partial charge in [-0.1, -0.05) is 57.3 Å². The van der Waals surface area contributed by atoms with Crippen molar-refractivity contribution in [2.24, 2.45) is 0 Å². The van der Waals surface area contributed by atoms with Crippen LogP contribution >= 0.6 is 0 Å². The van der Waals surface area contributed by atoms with Gasteiger partial charge in [0, 0.05) is 16.8 Å². The molecule has 0 radical (unpaired) electrons. The van der Waals surface area contributed by atoms with Crippen LogP contribution in [0.5, 0.6) is 0 Å². The molecule has 0 atom stereocenters. The first-order valence-electron chi connectivity index (χ1n) is 11.3. The van der Waals surface area contributed by atoms with Crippen molar-refractivity contribution in [3.8, 4) is 11.4 Å². The second kappa shape index (κ2) is 8.81. The second-order valence-corrected chi connectivity index (χ2v) is 9.73. The summed E-state index contributed by atoms with van der Waals surface area (Å²) in [4.78, 5) is 29.0. The number of aliphatic carboxylic acids is 1. The molecule has 4 rings (SSSR count). The van der Waals surface area contributed by atoms with Crippen molar-refractivity contribution in [1.82, 2.24) is 10.1 Å². The third-order valence-corrected chi connectivity index (χ3v) is 6.37. The Morgan fingerprint density at radius 1 is 0.970 bits per heavy atom. The number of nitrogens with one attached hydrogen (secondary N) is 1. The second-order valence-electron chi connectivity index (χ2n) is 9.73. The molecular formula is C26H29N3O4. The maximum Gasteiger partial charge on any atom is 0.319 e. The number of anilines is 1. The summed E-state index contributed by atoms with van der Waals surface area (Å²) >= 11 is 0. The third-order valence-electron chi connectivity index (χ3n) is 6.37. The predicted octanol–water partition coefficient (Wildman–Crippen LogP) is 5.57. The van der Waals surface area contributed by atoms with Crippen LogP contribution < -0.4 is 5.32 Å². The largest absolute Gasteiger partial charge is 0.480 e. The number of hydrogen-bond donors (Lipinski definition) is 2. The molecule has 2 aromatic carbocycles. The molecule has 0 saturated heterocycles. The van der Waals surface area contributed by atoms with Gasteiger partial charge in [-0.05, 0) is 60.2 Å². The number of nitrogens with zero attached hydrogens (tertiary/aromatic N) is 2. The van der Waals surface area contributed by atoms with Crippen LogP contribution in [0.1, 0.15) is 74.7 Å². The van der Waals surface area contributed by atoms with E-state index in [1.807, 2.05) is 24.3 Å². The smallest absolute Gasteiger partial charge is 0.319 e. The molecule has 1 aromatic heterocycles. The number of carboxylic acids is 1. The van der Waals surface area contributed by atoms with E-state index in [0.29, 0.717) is 35.5 Å². The van der Waals surface area contributed by atoms with Gasteiger partial charge in [-0.3, -0.25) is 9.59 Å². The lowest BCUT2D eigenvalue weighted by Crippen LogP contribution is -2.38. The zero-order valence-corrected chi connectivity index (χ0v) is 19.2. The summed E-state index contributed by atoms with van der Waals surface area (Å²) in [6.45, 7) is 6.40. The van der Waals surface area contributed by atoms with Crippen LogP contribution in [-0.2, 0) is 15.6 Å². The van der Waals surface area contributed by atoms with Gasteiger partial charge in [0.25, 0.3) is 5.91 Å². The highest BCUT2D eigenvalue weighted by Gasteiger charge is 2.46. The van der Waals surface area contributed by atoms with E-state index in [0.717, 1.165) is 19.3 Å². The van der Waals surface area contributed by atoms with Gasteiger partial charge in [-0.2, -0.15) is 4.98 Å². The Morgan fingerprint density at radius 2 is 1.61 bits per heavy atom. The topological polar surface area (TPSA) is 105 Å². The molecule has 7 heteroatoms. The molecule has 33 heavy (non-hydrogen) atoms. The average Bonchev–Trinajstić information content (AvgIpc) is 3.30. The lowest BCUT2D eigenvalue weighted by atomic mass is 9.74. The van der Waals surface area contributed by atoms with Gasteiger partial charge >= 0.3 is 5.97 Å². The van der Waals surface area contributed by atoms with E-state index in [4.69, 9.17) is 4.52 Å². The van der Waals surface area contributed by atoms with Gasteiger partial charge in [0.15, 0.2) is 0 Å². The highest BCUT2D eigenvalue weighted by atomic mass is 16.5. The van der Waals surface area contributed by atoms with E-state index in [-0.39, 0.29) is 17.2 Å². The van der Waals surface area contributed by atoms with Gasteiger partial charge in [-0.25, -0.2) is 0 Å². The third kappa shape index (κ3) is 4.67. The lowest BCUT2D eigenvalue weighted by Gasteiger charge is -2.29. The highest BCUT2D eigenvalue weighted by Crippen LogP contribution is 2.39. The van der Waals surface area contributed by atoms with Crippen LogP contribution in [0.2, 0.25) is 0 Å². The summed E-state index contributed by atoms with van der Waals surface area (Å²) in [5.41, 5.74) is 2.01. The first-order chi connectivity index (χ1) is 15.7. The summed E-state index contributed by atoms with van der Waals surface area (Å²) in [6, 6.07) is 14.7. The van der Waals surface area contributed by atoms with Crippen LogP contribution in [0.3, 0.4) is 0 Å². The van der Waals surface area contributed by atoms with Crippen molar-refractivity contribution in [1.29, 1.82) is 0 Å². The van der Waals surface area contributed by atoms with Crippen molar-refractivity contribution in [3.63, 3.8) is 0 Å². The molecular weight excluding hydrogens is 418 g/mol. The van der Waals surface area contributed by atoms with Crippen LogP contribution in [0, 0.1) is 0 Å². The van der Waals surface area contributed by atoms with Crippen molar-refractivity contribution in [2.75, 3.05) is 5.32 Å². The SMILES string of the molecule is CC(C)(C)c1ccc(C(=O)Nc2ccc(-c3noc(C4(C(=O)O)CCCCC4)n3)cc2)cc1. The Kier molecular flexibility index (Phi) is 6.06. The Hall–Kier alpha value is -3.48. The Morgan fingerprint density at radius 3 is 2.18 bits per heavy atom. The summed E-state index contributed by atoms with van der Waals surface area (Å²) in [5, 5.41) is 16.7. The fraction of sp³-hybridized carbons (Fsp3) is 0.385. The number of carboxylic acid groups (broad SMARTS) is 1. The molecule has 2 N–H and O–H groups in total. The maximum atomic E-state index is 12.6. The quantitative estimate of drug-likeness (QED) is 0.529. The monoisotopic (exact) mass is 447 g/mol. The first kappa shape index (κ1) is 22.7. The molecule has 1 aliphatic rings. The van der Waals surface area contributed by atoms with Crippen LogP contribution in [0.15, 0.2) is 53.1 Å². The molecule has 1 aliphatic carbocycles. The standard InChI is InChI=1S/C26H29N3O4/c1-25(2,3)19-11-7-18(8-12-19)22(30)27-20-13-9-17(10-14-20)21-28-23(33-29-21)26(24(31)32)15-5-4-6-16-26/h7-14H,4-6,15-16H2,1-3H3,(H,27,30)(H,31,32). The number of aromatic nitrogens is 2. The minimum Gasteiger partial charge on any atom is -0.480 e. The van der Waals surface area contributed by atoms with E-state index in [1.54, 1.807) is 24.3 Å². The van der Waals surface area contributed by atoms with E-state index in [1.165, 1.54) is 5.56 Å². The lowest BCUT2D eigenvalue weighted by molar-refractivity contribution is -0.146. The number of rotatable bonds is 5. The molecule has 1 heterocycles. The van der Waals surface area contributed by atoms with E-state index in [9.17, 15) is 14.7 Å². The molecule has 0 spiro atoms. The van der Waals surface area contributed by atoms with Crippen molar-refractivity contribution in [2.45, 2.75) is 63.7 Å². The van der Waals surface area contributed by atoms with Crippen molar-refractivity contribution >= 4 is 17.6 Å². The normalized spacial score (nSPS) is 15.7. The Balaban J connectivity index is 1.47. The van der Waals surface area contributed by atoms with E-state index < -0.39 is 11.4 Å². The molecule has 172 valence electrons. The zero-order valence-electron chi connectivity index (χ0n) is 19.2. The molecule has 1 amide bonds. The predicted molar refractivity (Wildman–Crippen MR) is 125 cm³/mol. The summed E-state index contributed by atoms with van der Waals surface area (Å²) in [7, 11) is 0. The number of benzene rings is 2. The van der Waals surface area contributed by atoms with Gasteiger partial charge in [0.05, 0.1) is 0 Å². The average molecular weight is 448 g/mol. The van der Waals surface area contributed by atoms with Crippen LogP contribution in [0.25, 0.3) is 11.4 Å². The minimum absolute atomic E-state index is 0.0287. The molecule has 1 saturated carbocycles. The Bertz CT molecular complexity index is 1140. The molecule has 0 unspecified atom stereocenters.